The van der Waals surface area contributed by atoms with Crippen molar-refractivity contribution in [2.45, 2.75) is 84.8 Å². The fraction of sp³-hybridized carbons (Fsp3) is 0.818. The van der Waals surface area contributed by atoms with Gasteiger partial charge in [0.1, 0.15) is 6.04 Å². The Morgan fingerprint density at radius 3 is 2.41 bits per heavy atom. The molecule has 0 saturated carbocycles. The second kappa shape index (κ2) is 11.3. The molecule has 5 heteroatoms. The number of carbonyl (C=O) groups is 2. The van der Waals surface area contributed by atoms with Crippen molar-refractivity contribution in [3.05, 3.63) is 0 Å². The van der Waals surface area contributed by atoms with Crippen LogP contribution in [0.25, 0.3) is 0 Å². The lowest BCUT2D eigenvalue weighted by Crippen LogP contribution is -2.58. The van der Waals surface area contributed by atoms with Gasteiger partial charge in [0.2, 0.25) is 11.8 Å². The first-order valence-corrected chi connectivity index (χ1v) is 10.6. The summed E-state index contributed by atoms with van der Waals surface area (Å²) in [6, 6.07) is -0.927. The largest absolute Gasteiger partial charge is 0.343 e. The second-order valence-corrected chi connectivity index (χ2v) is 8.25. The third kappa shape index (κ3) is 6.24. The van der Waals surface area contributed by atoms with E-state index in [9.17, 15) is 9.59 Å². The Labute approximate surface area is 166 Å². The molecule has 1 heterocycles. The Balaban J connectivity index is 3.03. The summed E-state index contributed by atoms with van der Waals surface area (Å²) >= 11 is 0. The van der Waals surface area contributed by atoms with Gasteiger partial charge in [-0.15, -0.1) is 6.42 Å². The number of terminal acetylenes is 1. The first-order valence-electron chi connectivity index (χ1n) is 10.6. The van der Waals surface area contributed by atoms with Crippen molar-refractivity contribution in [2.75, 3.05) is 20.1 Å². The van der Waals surface area contributed by atoms with Gasteiger partial charge in [0, 0.05) is 6.54 Å². The number of nitrogens with one attached hydrogen (secondary N) is 1. The third-order valence-electron chi connectivity index (χ3n) is 5.74. The number of piperidine rings is 1. The summed E-state index contributed by atoms with van der Waals surface area (Å²) in [4.78, 5) is 30.3. The number of carbonyl (C=O) groups excluding carboxylic acids is 2. The monoisotopic (exact) mass is 377 g/mol. The number of hydrogen-bond acceptors (Lipinski definition) is 3. The molecular weight excluding hydrogens is 338 g/mol. The number of nitrogens with zero attached hydrogens (tertiary/aromatic N) is 2. The smallest absolute Gasteiger partial charge is 0.246 e. The predicted octanol–water partition coefficient (Wildman–Crippen LogP) is 2.90. The fourth-order valence-electron chi connectivity index (χ4n) is 3.79. The van der Waals surface area contributed by atoms with Gasteiger partial charge in [-0.05, 0) is 44.7 Å². The maximum Gasteiger partial charge on any atom is 0.246 e. The molecule has 5 nitrogen and oxygen atoms in total. The van der Waals surface area contributed by atoms with Crippen LogP contribution in [0, 0.1) is 24.2 Å². The van der Waals surface area contributed by atoms with E-state index in [1.165, 1.54) is 0 Å². The van der Waals surface area contributed by atoms with Crippen LogP contribution >= 0.6 is 0 Å². The van der Waals surface area contributed by atoms with Gasteiger partial charge in [0.05, 0.1) is 12.1 Å². The quantitative estimate of drug-likeness (QED) is 0.629. The van der Waals surface area contributed by atoms with Crippen molar-refractivity contribution in [3.63, 3.8) is 0 Å². The van der Waals surface area contributed by atoms with E-state index in [2.05, 4.69) is 23.1 Å². The van der Waals surface area contributed by atoms with E-state index < -0.39 is 6.04 Å². The minimum Gasteiger partial charge on any atom is -0.343 e. The maximum atomic E-state index is 13.4. The molecule has 0 spiro atoms. The molecule has 0 aliphatic carbocycles. The van der Waals surface area contributed by atoms with Gasteiger partial charge in [-0.1, -0.05) is 53.4 Å². The molecule has 0 aromatic carbocycles. The third-order valence-corrected chi connectivity index (χ3v) is 5.74. The highest BCUT2D eigenvalue weighted by molar-refractivity contribution is 5.90. The van der Waals surface area contributed by atoms with E-state index in [1.54, 1.807) is 4.90 Å². The summed E-state index contributed by atoms with van der Waals surface area (Å²) in [5.74, 6) is 2.93. The van der Waals surface area contributed by atoms with Gasteiger partial charge in [-0.2, -0.15) is 0 Å². The Morgan fingerprint density at radius 1 is 1.26 bits per heavy atom. The van der Waals surface area contributed by atoms with Crippen LogP contribution in [-0.4, -0.2) is 59.9 Å². The Hall–Kier alpha value is -1.54. The zero-order valence-corrected chi connectivity index (χ0v) is 18.1. The number of hydrogen-bond donors (Lipinski definition) is 1. The molecule has 1 saturated heterocycles. The molecule has 1 aliphatic rings. The van der Waals surface area contributed by atoms with Crippen molar-refractivity contribution >= 4 is 11.8 Å². The standard InChI is InChI=1S/C22H39N3O2/c1-8-14-25(18(10-3)16(4)5)22(27)20(17(6)9-2)23-21(26)19-13-11-12-15-24(19)7/h3,16-20H,8-9,11-15H2,1-2,4-7H3,(H,23,26)/t17-,18?,19+,20-/m0/s1. The Kier molecular flexibility index (Phi) is 9.87. The maximum absolute atomic E-state index is 13.4. The number of likely N-dealkylation sites (tertiary alicyclic amines) is 1. The molecule has 0 aromatic heterocycles. The normalized spacial score (nSPS) is 21.2. The van der Waals surface area contributed by atoms with Gasteiger partial charge in [0.25, 0.3) is 0 Å². The molecule has 1 N–H and O–H groups in total. The predicted molar refractivity (Wildman–Crippen MR) is 111 cm³/mol. The highest BCUT2D eigenvalue weighted by atomic mass is 16.2. The summed E-state index contributed by atoms with van der Waals surface area (Å²) in [6.45, 7) is 11.7. The molecule has 1 rings (SSSR count). The van der Waals surface area contributed by atoms with Crippen LogP contribution in [0.3, 0.4) is 0 Å². The van der Waals surface area contributed by atoms with Crippen molar-refractivity contribution in [3.8, 4) is 12.3 Å². The van der Waals surface area contributed by atoms with Crippen molar-refractivity contribution in [2.24, 2.45) is 11.8 Å². The van der Waals surface area contributed by atoms with Crippen molar-refractivity contribution < 1.29 is 9.59 Å². The minimum absolute atomic E-state index is 0.0332. The lowest BCUT2D eigenvalue weighted by molar-refractivity contribution is -0.141. The summed E-state index contributed by atoms with van der Waals surface area (Å²) in [6.07, 6.45) is 10.4. The van der Waals surface area contributed by atoms with Crippen LogP contribution in [0.5, 0.6) is 0 Å². The number of amides is 2. The average Bonchev–Trinajstić information content (AvgIpc) is 2.64. The van der Waals surface area contributed by atoms with Crippen molar-refractivity contribution in [1.29, 1.82) is 0 Å². The minimum atomic E-state index is -0.529. The van der Waals surface area contributed by atoms with E-state index in [0.717, 1.165) is 38.6 Å². The van der Waals surface area contributed by atoms with Gasteiger partial charge >= 0.3 is 0 Å². The van der Waals surface area contributed by atoms with Gasteiger partial charge < -0.3 is 10.2 Å². The molecule has 27 heavy (non-hydrogen) atoms. The van der Waals surface area contributed by atoms with E-state index in [0.29, 0.717) is 6.54 Å². The van der Waals surface area contributed by atoms with E-state index >= 15 is 0 Å². The first kappa shape index (κ1) is 23.5. The summed E-state index contributed by atoms with van der Waals surface area (Å²) in [7, 11) is 1.99. The SMILES string of the molecule is C#CC(C(C)C)N(CCC)C(=O)[C@@H](NC(=O)[C@H]1CCCCN1C)[C@@H](C)CC. The lowest BCUT2D eigenvalue weighted by Gasteiger charge is -2.37. The van der Waals surface area contributed by atoms with Gasteiger partial charge in [0.15, 0.2) is 0 Å². The van der Waals surface area contributed by atoms with Crippen LogP contribution in [0.2, 0.25) is 0 Å². The van der Waals surface area contributed by atoms with Crippen LogP contribution in [0.1, 0.15) is 66.7 Å². The zero-order chi connectivity index (χ0) is 20.6. The van der Waals surface area contributed by atoms with Crippen LogP contribution in [-0.2, 0) is 9.59 Å². The van der Waals surface area contributed by atoms with Gasteiger partial charge in [-0.3, -0.25) is 14.5 Å². The highest BCUT2D eigenvalue weighted by Crippen LogP contribution is 2.19. The van der Waals surface area contributed by atoms with Crippen LogP contribution < -0.4 is 5.32 Å². The first-order chi connectivity index (χ1) is 12.8. The van der Waals surface area contributed by atoms with Crippen molar-refractivity contribution in [1.82, 2.24) is 15.1 Å². The number of rotatable bonds is 9. The van der Waals surface area contributed by atoms with E-state index in [4.69, 9.17) is 6.42 Å². The summed E-state index contributed by atoms with van der Waals surface area (Å²) in [5.41, 5.74) is 0. The molecule has 1 aliphatic heterocycles. The van der Waals surface area contributed by atoms with Crippen LogP contribution in [0.4, 0.5) is 0 Å². The Morgan fingerprint density at radius 2 is 1.93 bits per heavy atom. The Bertz CT molecular complexity index is 526. The number of likely N-dealkylation sites (N-methyl/N-ethyl adjacent to an activating group) is 1. The molecule has 4 atom stereocenters. The molecule has 0 aromatic rings. The van der Waals surface area contributed by atoms with Crippen LogP contribution in [0.15, 0.2) is 0 Å². The van der Waals surface area contributed by atoms with E-state index in [-0.39, 0.29) is 35.7 Å². The molecule has 1 unspecified atom stereocenters. The average molecular weight is 378 g/mol. The molecular formula is C22H39N3O2. The molecule has 154 valence electrons. The lowest BCUT2D eigenvalue weighted by atomic mass is 9.94. The van der Waals surface area contributed by atoms with Gasteiger partial charge in [-0.25, -0.2) is 0 Å². The zero-order valence-electron chi connectivity index (χ0n) is 18.1. The second-order valence-electron chi connectivity index (χ2n) is 8.25. The molecule has 2 amide bonds. The topological polar surface area (TPSA) is 52.7 Å². The summed E-state index contributed by atoms with van der Waals surface area (Å²) < 4.78 is 0. The molecule has 1 fully saturated rings. The fourth-order valence-corrected chi connectivity index (χ4v) is 3.79. The summed E-state index contributed by atoms with van der Waals surface area (Å²) in [5, 5.41) is 3.08. The van der Waals surface area contributed by atoms with E-state index in [1.807, 2.05) is 34.7 Å². The molecule has 0 radical (unpaired) electrons. The molecule has 0 bridgehead atoms. The highest BCUT2D eigenvalue weighted by Gasteiger charge is 2.36.